The van der Waals surface area contributed by atoms with Gasteiger partial charge in [-0.05, 0) is 12.1 Å². The van der Waals surface area contributed by atoms with Crippen LogP contribution in [0, 0.1) is 0 Å². The van der Waals surface area contributed by atoms with Crippen molar-refractivity contribution in [2.45, 2.75) is 6.92 Å². The van der Waals surface area contributed by atoms with E-state index in [2.05, 4.69) is 16.2 Å². The van der Waals surface area contributed by atoms with Gasteiger partial charge in [0.1, 0.15) is 0 Å². The van der Waals surface area contributed by atoms with Gasteiger partial charge >= 0.3 is 11.9 Å². The van der Waals surface area contributed by atoms with Crippen LogP contribution in [0.4, 0.5) is 16.2 Å². The summed E-state index contributed by atoms with van der Waals surface area (Å²) >= 11 is 0. The third-order valence-electron chi connectivity index (χ3n) is 2.55. The molecule has 1 heterocycles. The Morgan fingerprint density at radius 1 is 0.952 bits per heavy atom. The monoisotopic (exact) mass is 306 g/mol. The van der Waals surface area contributed by atoms with E-state index in [0.717, 1.165) is 5.69 Å². The van der Waals surface area contributed by atoms with Crippen molar-refractivity contribution in [2.75, 3.05) is 10.7 Å². The zero-order valence-corrected chi connectivity index (χ0v) is 12.1. The molecular formula is C14H15ClN4O2. The van der Waals surface area contributed by atoms with Gasteiger partial charge in [0.2, 0.25) is 0 Å². The topological polar surface area (TPSA) is 74.1 Å². The summed E-state index contributed by atoms with van der Waals surface area (Å²) < 4.78 is 1.42. The van der Waals surface area contributed by atoms with Crippen LogP contribution >= 0.6 is 0 Å². The molecule has 0 radical (unpaired) electrons. The highest BCUT2D eigenvalue weighted by Crippen LogP contribution is 2.04. The largest absolute Gasteiger partial charge is 1.00 e. The first-order valence-corrected chi connectivity index (χ1v) is 6.05. The van der Waals surface area contributed by atoms with Gasteiger partial charge in [-0.15, -0.1) is 4.57 Å². The Hall–Kier alpha value is -2.60. The summed E-state index contributed by atoms with van der Waals surface area (Å²) in [5.74, 6) is -0.0910. The molecular weight excluding hydrogens is 292 g/mol. The van der Waals surface area contributed by atoms with E-state index in [1.807, 2.05) is 30.3 Å². The smallest absolute Gasteiger partial charge is 0.389 e. The Morgan fingerprint density at radius 2 is 1.57 bits per heavy atom. The average molecular weight is 307 g/mol. The van der Waals surface area contributed by atoms with Gasteiger partial charge in [-0.25, -0.2) is 9.59 Å². The van der Waals surface area contributed by atoms with Crippen LogP contribution in [0.5, 0.6) is 0 Å². The van der Waals surface area contributed by atoms with Crippen molar-refractivity contribution >= 4 is 23.3 Å². The Labute approximate surface area is 128 Å². The van der Waals surface area contributed by atoms with Gasteiger partial charge < -0.3 is 17.7 Å². The molecule has 2 aromatic rings. The highest BCUT2D eigenvalue weighted by Gasteiger charge is 2.07. The number of benzene rings is 1. The molecule has 7 heteroatoms. The van der Waals surface area contributed by atoms with Crippen molar-refractivity contribution in [3.8, 4) is 0 Å². The minimum absolute atomic E-state index is 0. The molecule has 0 aliphatic rings. The third kappa shape index (κ3) is 5.12. The summed E-state index contributed by atoms with van der Waals surface area (Å²) in [7, 11) is 0. The second-order valence-corrected chi connectivity index (χ2v) is 4.08. The van der Waals surface area contributed by atoms with Crippen LogP contribution in [0.2, 0.25) is 0 Å². The molecule has 6 nitrogen and oxygen atoms in total. The molecule has 0 bridgehead atoms. The van der Waals surface area contributed by atoms with Crippen molar-refractivity contribution < 1.29 is 26.6 Å². The maximum absolute atomic E-state index is 11.6. The summed E-state index contributed by atoms with van der Waals surface area (Å²) in [5, 5.41) is 2.64. The van der Waals surface area contributed by atoms with Crippen LogP contribution in [-0.2, 0) is 0 Å². The van der Waals surface area contributed by atoms with Crippen LogP contribution in [-0.4, -0.2) is 11.9 Å². The van der Waals surface area contributed by atoms with Crippen molar-refractivity contribution in [1.82, 2.24) is 5.43 Å². The Kier molecular flexibility index (Phi) is 6.16. The number of amides is 2. The van der Waals surface area contributed by atoms with Crippen molar-refractivity contribution in [3.63, 3.8) is 0 Å². The minimum Gasteiger partial charge on any atom is -1.00 e. The fourth-order valence-electron chi connectivity index (χ4n) is 1.53. The first kappa shape index (κ1) is 16.5. The lowest BCUT2D eigenvalue weighted by molar-refractivity contribution is -0.572. The fraction of sp³-hybridized carbons (Fsp3) is 0.0714. The standard InChI is InChI=1S/C14H14N4O2.ClH/c1-11(19)18-9-7-12(8-10-18)15-14(20)17-16-13-5-3-2-4-6-13;/h2-10,16H,1H3,(H,17,20);1H. The molecule has 110 valence electrons. The molecule has 3 N–H and O–H groups in total. The van der Waals surface area contributed by atoms with E-state index in [1.165, 1.54) is 11.5 Å². The number of nitrogens with zero attached hydrogens (tertiary/aromatic N) is 1. The number of carbonyl (C=O) groups excluding carboxylic acids is 2. The molecule has 0 saturated heterocycles. The summed E-state index contributed by atoms with van der Waals surface area (Å²) in [6.07, 6.45) is 3.17. The maximum atomic E-state index is 11.6. The van der Waals surface area contributed by atoms with Crippen molar-refractivity contribution in [2.24, 2.45) is 0 Å². The van der Waals surface area contributed by atoms with Crippen molar-refractivity contribution in [3.05, 3.63) is 54.9 Å². The molecule has 1 aromatic carbocycles. The molecule has 2 amide bonds. The van der Waals surface area contributed by atoms with E-state index in [1.54, 1.807) is 24.5 Å². The van der Waals surface area contributed by atoms with Gasteiger partial charge in [-0.1, -0.05) is 18.2 Å². The lowest BCUT2D eigenvalue weighted by Gasteiger charge is -2.09. The van der Waals surface area contributed by atoms with E-state index in [-0.39, 0.29) is 18.3 Å². The second-order valence-electron chi connectivity index (χ2n) is 4.08. The lowest BCUT2D eigenvalue weighted by atomic mass is 10.3. The van der Waals surface area contributed by atoms with Crippen LogP contribution < -0.4 is 33.1 Å². The number of para-hydroxylation sites is 1. The summed E-state index contributed by atoms with van der Waals surface area (Å²) in [4.78, 5) is 22.7. The quantitative estimate of drug-likeness (QED) is 0.492. The minimum atomic E-state index is -0.394. The normalized spacial score (nSPS) is 9.19. The van der Waals surface area contributed by atoms with Crippen LogP contribution in [0.1, 0.15) is 11.7 Å². The van der Waals surface area contributed by atoms with Gasteiger partial charge in [0.15, 0.2) is 12.4 Å². The predicted octanol–water partition coefficient (Wildman–Crippen LogP) is -1.21. The van der Waals surface area contributed by atoms with E-state index in [4.69, 9.17) is 0 Å². The molecule has 1 aromatic heterocycles. The average Bonchev–Trinajstić information content (AvgIpc) is 2.47. The number of hydrazine groups is 1. The molecule has 0 fully saturated rings. The second kappa shape index (κ2) is 7.86. The first-order chi connectivity index (χ1) is 9.65. The number of anilines is 2. The molecule has 0 spiro atoms. The number of nitrogens with one attached hydrogen (secondary N) is 3. The zero-order valence-electron chi connectivity index (χ0n) is 11.3. The molecule has 2 rings (SSSR count). The number of hydrogen-bond acceptors (Lipinski definition) is 3. The third-order valence-corrected chi connectivity index (χ3v) is 2.55. The molecule has 0 saturated carbocycles. The molecule has 0 aliphatic carbocycles. The number of rotatable bonds is 3. The fourth-order valence-corrected chi connectivity index (χ4v) is 1.53. The Morgan fingerprint density at radius 3 is 2.14 bits per heavy atom. The number of aromatic nitrogens is 1. The number of pyridine rings is 1. The maximum Gasteiger partial charge on any atom is 0.389 e. The summed E-state index contributed by atoms with van der Waals surface area (Å²) in [6, 6.07) is 12.2. The van der Waals surface area contributed by atoms with Crippen molar-refractivity contribution in [1.29, 1.82) is 0 Å². The van der Waals surface area contributed by atoms with Crippen LogP contribution in [0.3, 0.4) is 0 Å². The van der Waals surface area contributed by atoms with Gasteiger partial charge in [-0.3, -0.25) is 10.9 Å². The molecule has 0 aliphatic heterocycles. The van der Waals surface area contributed by atoms with Gasteiger partial charge in [0.25, 0.3) is 0 Å². The number of halogens is 1. The van der Waals surface area contributed by atoms with Crippen LogP contribution in [0.25, 0.3) is 0 Å². The first-order valence-electron chi connectivity index (χ1n) is 6.05. The van der Waals surface area contributed by atoms with Crippen LogP contribution in [0.15, 0.2) is 54.9 Å². The predicted molar refractivity (Wildman–Crippen MR) is 75.2 cm³/mol. The van der Waals surface area contributed by atoms with Gasteiger partial charge in [0, 0.05) is 12.1 Å². The highest BCUT2D eigenvalue weighted by molar-refractivity contribution is 5.89. The molecule has 0 atom stereocenters. The van der Waals surface area contributed by atoms with E-state index in [0.29, 0.717) is 5.69 Å². The summed E-state index contributed by atoms with van der Waals surface area (Å²) in [5.41, 5.74) is 6.66. The lowest BCUT2D eigenvalue weighted by Crippen LogP contribution is -3.00. The Balaban J connectivity index is 0.00000220. The number of hydrogen-bond donors (Lipinski definition) is 3. The zero-order chi connectivity index (χ0) is 14.4. The molecule has 21 heavy (non-hydrogen) atoms. The van der Waals surface area contributed by atoms with Gasteiger partial charge in [0.05, 0.1) is 18.3 Å². The SMILES string of the molecule is CC(=O)[n+]1ccc(NC(=O)NNc2ccccc2)cc1.[Cl-]. The van der Waals surface area contributed by atoms with E-state index < -0.39 is 6.03 Å². The van der Waals surface area contributed by atoms with E-state index >= 15 is 0 Å². The van der Waals surface area contributed by atoms with E-state index in [9.17, 15) is 9.59 Å². The number of carbonyl (C=O) groups is 2. The highest BCUT2D eigenvalue weighted by atomic mass is 35.5. The summed E-state index contributed by atoms with van der Waals surface area (Å²) in [6.45, 7) is 1.46. The number of urea groups is 1. The Bertz CT molecular complexity index is 602. The molecule has 0 unspecified atom stereocenters. The van der Waals surface area contributed by atoms with Gasteiger partial charge in [-0.2, -0.15) is 0 Å².